The van der Waals surface area contributed by atoms with E-state index in [0.717, 1.165) is 19.3 Å². The number of aliphatic hydroxyl groups is 1. The van der Waals surface area contributed by atoms with Crippen LogP contribution in [0.5, 0.6) is 0 Å². The molecule has 0 saturated heterocycles. The van der Waals surface area contributed by atoms with Gasteiger partial charge in [-0.15, -0.1) is 0 Å². The Bertz CT molecular complexity index is 221. The Morgan fingerprint density at radius 1 is 1.54 bits per heavy atom. The van der Waals surface area contributed by atoms with Crippen molar-refractivity contribution in [3.63, 3.8) is 0 Å². The Balaban J connectivity index is 2.22. The van der Waals surface area contributed by atoms with E-state index in [1.807, 2.05) is 7.05 Å². The van der Waals surface area contributed by atoms with Crippen molar-refractivity contribution in [3.05, 3.63) is 0 Å². The van der Waals surface area contributed by atoms with Crippen LogP contribution in [0.3, 0.4) is 0 Å². The van der Waals surface area contributed by atoms with Gasteiger partial charge >= 0.3 is 0 Å². The molecule has 3 nitrogen and oxygen atoms in total. The Morgan fingerprint density at radius 2 is 2.23 bits per heavy atom. The first kappa shape index (κ1) is 9.44. The van der Waals surface area contributed by atoms with Gasteiger partial charge in [-0.2, -0.15) is 0 Å². The fourth-order valence-corrected chi connectivity index (χ4v) is 3.16. The molecule has 4 N–H and O–H groups in total. The zero-order valence-corrected chi connectivity index (χ0v) is 8.51. The molecule has 2 fully saturated rings. The summed E-state index contributed by atoms with van der Waals surface area (Å²) in [6.07, 6.45) is 3.78. The number of nitrogens with two attached hydrogens (primary N) is 1. The van der Waals surface area contributed by atoms with Crippen LogP contribution in [0.1, 0.15) is 32.6 Å². The van der Waals surface area contributed by atoms with Crippen molar-refractivity contribution >= 4 is 0 Å². The van der Waals surface area contributed by atoms with Crippen molar-refractivity contribution < 1.29 is 5.11 Å². The van der Waals surface area contributed by atoms with Gasteiger partial charge in [0.2, 0.25) is 0 Å². The average molecular weight is 184 g/mol. The van der Waals surface area contributed by atoms with E-state index >= 15 is 0 Å². The largest absolute Gasteiger partial charge is 0.389 e. The summed E-state index contributed by atoms with van der Waals surface area (Å²) in [4.78, 5) is 0. The maximum absolute atomic E-state index is 10.3. The summed E-state index contributed by atoms with van der Waals surface area (Å²) in [6.45, 7) is 2.16. The smallest absolute Gasteiger partial charge is 0.0706 e. The van der Waals surface area contributed by atoms with Crippen molar-refractivity contribution in [2.75, 3.05) is 7.05 Å². The van der Waals surface area contributed by atoms with Gasteiger partial charge in [-0.25, -0.2) is 0 Å². The molecule has 0 aromatic heterocycles. The monoisotopic (exact) mass is 184 g/mol. The Kier molecular flexibility index (Phi) is 1.95. The van der Waals surface area contributed by atoms with Crippen LogP contribution in [0.2, 0.25) is 0 Å². The molecule has 0 heterocycles. The molecule has 2 unspecified atom stereocenters. The van der Waals surface area contributed by atoms with Crippen LogP contribution in [0.4, 0.5) is 0 Å². The number of rotatable bonds is 1. The summed E-state index contributed by atoms with van der Waals surface area (Å²) in [5.74, 6) is 1.04. The highest BCUT2D eigenvalue weighted by Gasteiger charge is 2.54. The number of fused-ring (bicyclic) bond motifs is 2. The van der Waals surface area contributed by atoms with Gasteiger partial charge in [0.15, 0.2) is 0 Å². The lowest BCUT2D eigenvalue weighted by Crippen LogP contribution is -2.61. The third-order valence-electron chi connectivity index (χ3n) is 4.25. The van der Waals surface area contributed by atoms with Gasteiger partial charge in [0, 0.05) is 6.42 Å². The fourth-order valence-electron chi connectivity index (χ4n) is 3.16. The Hall–Kier alpha value is -0.120. The first-order valence-electron chi connectivity index (χ1n) is 5.19. The van der Waals surface area contributed by atoms with Gasteiger partial charge in [0.05, 0.1) is 11.3 Å². The van der Waals surface area contributed by atoms with Crippen molar-refractivity contribution in [3.8, 4) is 0 Å². The zero-order chi connectivity index (χ0) is 9.69. The maximum atomic E-state index is 10.3. The lowest BCUT2D eigenvalue weighted by atomic mass is 9.71. The lowest BCUT2D eigenvalue weighted by molar-refractivity contribution is -0.0590. The highest BCUT2D eigenvalue weighted by Crippen LogP contribution is 2.51. The van der Waals surface area contributed by atoms with Crippen molar-refractivity contribution in [2.45, 2.75) is 43.9 Å². The van der Waals surface area contributed by atoms with Crippen molar-refractivity contribution in [1.82, 2.24) is 5.32 Å². The summed E-state index contributed by atoms with van der Waals surface area (Å²) >= 11 is 0. The molecular weight excluding hydrogens is 164 g/mol. The second kappa shape index (κ2) is 2.69. The first-order chi connectivity index (χ1) is 5.99. The number of hydrogen-bond acceptors (Lipinski definition) is 3. The molecule has 4 atom stereocenters. The minimum Gasteiger partial charge on any atom is -0.389 e. The Labute approximate surface area is 79.7 Å². The van der Waals surface area contributed by atoms with E-state index < -0.39 is 5.60 Å². The second-order valence-electron chi connectivity index (χ2n) is 4.98. The highest BCUT2D eigenvalue weighted by atomic mass is 16.3. The van der Waals surface area contributed by atoms with Gasteiger partial charge in [-0.3, -0.25) is 0 Å². The molecule has 13 heavy (non-hydrogen) atoms. The minimum absolute atomic E-state index is 0.331. The summed E-state index contributed by atoms with van der Waals surface area (Å²) < 4.78 is 0. The normalized spacial score (nSPS) is 55.4. The molecule has 76 valence electrons. The van der Waals surface area contributed by atoms with Gasteiger partial charge in [-0.1, -0.05) is 6.92 Å². The third-order valence-corrected chi connectivity index (χ3v) is 4.25. The molecule has 0 spiro atoms. The third kappa shape index (κ3) is 1.30. The first-order valence-corrected chi connectivity index (χ1v) is 5.19. The van der Waals surface area contributed by atoms with E-state index in [4.69, 9.17) is 5.73 Å². The zero-order valence-electron chi connectivity index (χ0n) is 8.51. The summed E-state index contributed by atoms with van der Waals surface area (Å²) in [6, 6.07) is 0. The molecule has 0 radical (unpaired) electrons. The summed E-state index contributed by atoms with van der Waals surface area (Å²) in [5.41, 5.74) is 5.33. The van der Waals surface area contributed by atoms with Crippen LogP contribution in [0.25, 0.3) is 0 Å². The van der Waals surface area contributed by atoms with E-state index in [9.17, 15) is 5.11 Å². The molecule has 0 amide bonds. The van der Waals surface area contributed by atoms with E-state index in [-0.39, 0.29) is 5.66 Å². The lowest BCUT2D eigenvalue weighted by Gasteiger charge is -2.45. The van der Waals surface area contributed by atoms with Crippen LogP contribution >= 0.6 is 0 Å². The van der Waals surface area contributed by atoms with E-state index in [2.05, 4.69) is 12.2 Å². The van der Waals surface area contributed by atoms with Gasteiger partial charge < -0.3 is 16.2 Å². The Morgan fingerprint density at radius 3 is 2.77 bits per heavy atom. The van der Waals surface area contributed by atoms with Gasteiger partial charge in [-0.05, 0) is 38.1 Å². The van der Waals surface area contributed by atoms with Crippen LogP contribution in [0, 0.1) is 11.8 Å². The second-order valence-corrected chi connectivity index (χ2v) is 4.98. The minimum atomic E-state index is -0.499. The molecular formula is C10H20N2O. The number of hydrogen-bond donors (Lipinski definition) is 3. The molecule has 2 rings (SSSR count). The summed E-state index contributed by atoms with van der Waals surface area (Å²) in [5, 5.41) is 13.5. The topological polar surface area (TPSA) is 58.3 Å². The standard InChI is InChI=1S/C10H20N2O/c1-7-8-3-4-9(7,13)6-10(11,5-8)12-2/h7-8,12-13H,3-6,11H2,1-2H3/t7-,8?,9?,10-/m0/s1. The highest BCUT2D eigenvalue weighted by molar-refractivity contribution is 5.07. The maximum Gasteiger partial charge on any atom is 0.0706 e. The number of nitrogens with one attached hydrogen (secondary N) is 1. The predicted molar refractivity (Wildman–Crippen MR) is 52.0 cm³/mol. The molecule has 0 aromatic carbocycles. The van der Waals surface area contributed by atoms with Crippen LogP contribution < -0.4 is 11.1 Å². The molecule has 3 heteroatoms. The van der Waals surface area contributed by atoms with Crippen molar-refractivity contribution in [2.24, 2.45) is 17.6 Å². The SMILES string of the molecule is CN[C@@]1(N)CC2CCC(O)(C1)[C@H]2C. The molecule has 0 aromatic rings. The van der Waals surface area contributed by atoms with Gasteiger partial charge in [0.1, 0.15) is 0 Å². The summed E-state index contributed by atoms with van der Waals surface area (Å²) in [7, 11) is 1.89. The molecule has 2 bridgehead atoms. The van der Waals surface area contributed by atoms with Crippen LogP contribution in [-0.2, 0) is 0 Å². The van der Waals surface area contributed by atoms with E-state index in [0.29, 0.717) is 18.3 Å². The van der Waals surface area contributed by atoms with E-state index in [1.165, 1.54) is 0 Å². The molecule has 0 aliphatic heterocycles. The van der Waals surface area contributed by atoms with E-state index in [1.54, 1.807) is 0 Å². The molecule has 2 saturated carbocycles. The fraction of sp³-hybridized carbons (Fsp3) is 1.00. The molecule has 2 aliphatic rings. The quantitative estimate of drug-likeness (QED) is 0.518. The van der Waals surface area contributed by atoms with Crippen molar-refractivity contribution in [1.29, 1.82) is 0 Å². The predicted octanol–water partition coefficient (Wildman–Crippen LogP) is 0.432. The van der Waals surface area contributed by atoms with Crippen LogP contribution in [0.15, 0.2) is 0 Å². The average Bonchev–Trinajstić information content (AvgIpc) is 2.29. The van der Waals surface area contributed by atoms with Crippen LogP contribution in [-0.4, -0.2) is 23.4 Å². The van der Waals surface area contributed by atoms with Gasteiger partial charge in [0.25, 0.3) is 0 Å². The molecule has 2 aliphatic carbocycles.